The Morgan fingerprint density at radius 3 is 2.66 bits per heavy atom. The number of nitro groups is 1. The quantitative estimate of drug-likeness (QED) is 0.598. The van der Waals surface area contributed by atoms with E-state index in [0.717, 1.165) is 32.1 Å². The van der Waals surface area contributed by atoms with Gasteiger partial charge in [-0.2, -0.15) is 0 Å². The Bertz CT molecular complexity index is 1010. The van der Waals surface area contributed by atoms with E-state index in [1.54, 1.807) is 25.4 Å². The van der Waals surface area contributed by atoms with E-state index in [-0.39, 0.29) is 22.4 Å². The van der Waals surface area contributed by atoms with Crippen LogP contribution in [0.15, 0.2) is 24.5 Å². The lowest BCUT2D eigenvalue weighted by Gasteiger charge is -2.60. The van der Waals surface area contributed by atoms with Crippen LogP contribution in [-0.4, -0.2) is 25.6 Å². The molecule has 9 heteroatoms. The van der Waals surface area contributed by atoms with E-state index in [0.29, 0.717) is 29.5 Å². The first-order valence-corrected chi connectivity index (χ1v) is 10.3. The van der Waals surface area contributed by atoms with Crippen molar-refractivity contribution in [2.45, 2.75) is 51.0 Å². The van der Waals surface area contributed by atoms with E-state index in [1.165, 1.54) is 6.07 Å². The number of aromatic nitrogens is 3. The Morgan fingerprint density at radius 2 is 2.03 bits per heavy atom. The molecule has 1 aromatic heterocycles. The van der Waals surface area contributed by atoms with Crippen LogP contribution in [0.4, 0.5) is 11.4 Å². The van der Waals surface area contributed by atoms with Gasteiger partial charge in [0.2, 0.25) is 11.2 Å². The summed E-state index contributed by atoms with van der Waals surface area (Å²) in [6, 6.07) is 4.85. The maximum absolute atomic E-state index is 13.5. The van der Waals surface area contributed by atoms with Gasteiger partial charge in [-0.05, 0) is 75.0 Å². The summed E-state index contributed by atoms with van der Waals surface area (Å²) in [4.78, 5) is 28.4. The number of amides is 1. The SMILES string of the molecule is Cc1ccc(NC(=O)C23C[C@H]4C[C@@H](C2)CC(n2cnc(Cl)n2)(C4)C3)cc1[N+](=O)[O-]. The number of anilines is 1. The third-order valence-corrected chi connectivity index (χ3v) is 7.30. The number of nitrogens with one attached hydrogen (secondary N) is 1. The molecule has 0 spiro atoms. The van der Waals surface area contributed by atoms with Gasteiger partial charge in [0.15, 0.2) is 0 Å². The predicted molar refractivity (Wildman–Crippen MR) is 107 cm³/mol. The molecular formula is C20H22ClN5O3. The summed E-state index contributed by atoms with van der Waals surface area (Å²) in [6.07, 6.45) is 7.23. The van der Waals surface area contributed by atoms with E-state index in [4.69, 9.17) is 11.6 Å². The number of aryl methyl sites for hydroxylation is 1. The summed E-state index contributed by atoms with van der Waals surface area (Å²) in [5, 5.41) is 18.8. The second-order valence-corrected chi connectivity index (χ2v) is 9.47. The second kappa shape index (κ2) is 6.26. The van der Waals surface area contributed by atoms with Crippen molar-refractivity contribution in [1.29, 1.82) is 0 Å². The zero-order valence-corrected chi connectivity index (χ0v) is 16.9. The van der Waals surface area contributed by atoms with Crippen LogP contribution >= 0.6 is 11.6 Å². The number of halogens is 1. The van der Waals surface area contributed by atoms with Gasteiger partial charge >= 0.3 is 0 Å². The fourth-order valence-corrected chi connectivity index (χ4v) is 6.49. The van der Waals surface area contributed by atoms with E-state index in [1.807, 2.05) is 4.68 Å². The van der Waals surface area contributed by atoms with Crippen LogP contribution in [0, 0.1) is 34.3 Å². The second-order valence-electron chi connectivity index (χ2n) is 9.14. The Balaban J connectivity index is 1.45. The Labute approximate surface area is 172 Å². The van der Waals surface area contributed by atoms with Gasteiger partial charge in [-0.25, -0.2) is 9.67 Å². The van der Waals surface area contributed by atoms with Crippen molar-refractivity contribution in [3.63, 3.8) is 0 Å². The van der Waals surface area contributed by atoms with Crippen molar-refractivity contribution in [3.05, 3.63) is 45.5 Å². The number of benzene rings is 1. The highest BCUT2D eigenvalue weighted by molar-refractivity contribution is 6.28. The first-order chi connectivity index (χ1) is 13.8. The molecule has 152 valence electrons. The summed E-state index contributed by atoms with van der Waals surface area (Å²) >= 11 is 5.98. The van der Waals surface area contributed by atoms with Crippen molar-refractivity contribution < 1.29 is 9.72 Å². The fraction of sp³-hybridized carbons (Fsp3) is 0.550. The molecule has 4 atom stereocenters. The van der Waals surface area contributed by atoms with Crippen LogP contribution < -0.4 is 5.32 Å². The molecule has 29 heavy (non-hydrogen) atoms. The van der Waals surface area contributed by atoms with Crippen LogP contribution in [0.25, 0.3) is 0 Å². The maximum Gasteiger partial charge on any atom is 0.274 e. The molecule has 2 aromatic rings. The number of hydrogen-bond acceptors (Lipinski definition) is 5. The molecule has 4 aliphatic carbocycles. The number of carbonyl (C=O) groups excluding carboxylic acids is 1. The van der Waals surface area contributed by atoms with E-state index in [9.17, 15) is 14.9 Å². The Kier molecular flexibility index (Phi) is 4.00. The molecule has 8 nitrogen and oxygen atoms in total. The minimum atomic E-state index is -0.484. The fourth-order valence-electron chi connectivity index (χ4n) is 6.37. The zero-order chi connectivity index (χ0) is 20.4. The molecule has 0 saturated heterocycles. The first-order valence-electron chi connectivity index (χ1n) is 9.93. The van der Waals surface area contributed by atoms with Crippen molar-refractivity contribution >= 4 is 28.9 Å². The van der Waals surface area contributed by atoms with Crippen molar-refractivity contribution in [2.24, 2.45) is 17.3 Å². The summed E-state index contributed by atoms with van der Waals surface area (Å²) in [7, 11) is 0. The van der Waals surface area contributed by atoms with Gasteiger partial charge in [-0.1, -0.05) is 6.07 Å². The van der Waals surface area contributed by atoms with Crippen LogP contribution in [0.5, 0.6) is 0 Å². The number of rotatable bonds is 4. The molecule has 1 N–H and O–H groups in total. The molecule has 0 aliphatic heterocycles. The molecule has 0 radical (unpaired) electrons. The number of nitro benzene ring substituents is 1. The topological polar surface area (TPSA) is 103 Å². The lowest BCUT2D eigenvalue weighted by Crippen LogP contribution is -2.60. The molecule has 4 bridgehead atoms. The molecular weight excluding hydrogens is 394 g/mol. The average Bonchev–Trinajstić information content (AvgIpc) is 3.09. The summed E-state index contributed by atoms with van der Waals surface area (Å²) in [6.45, 7) is 1.69. The van der Waals surface area contributed by atoms with Crippen molar-refractivity contribution in [2.75, 3.05) is 5.32 Å². The average molecular weight is 416 g/mol. The van der Waals surface area contributed by atoms with Crippen LogP contribution in [0.3, 0.4) is 0 Å². The highest BCUT2D eigenvalue weighted by atomic mass is 35.5. The van der Waals surface area contributed by atoms with Gasteiger partial charge in [0.05, 0.1) is 15.9 Å². The van der Waals surface area contributed by atoms with Gasteiger partial charge in [-0.15, -0.1) is 5.10 Å². The maximum atomic E-state index is 13.5. The minimum absolute atomic E-state index is 0.0158. The standard InChI is InChI=1S/C20H22ClN5O3/c1-12-2-3-15(5-16(12)26(28)29)23-17(27)19-6-13-4-14(7-19)9-20(8-13,10-19)25-11-22-18(21)24-25/h2-3,5,11,13-14H,4,6-10H2,1H3,(H,23,27)/t13-,14+,19?,20?. The van der Waals surface area contributed by atoms with Gasteiger partial charge in [0.25, 0.3) is 5.69 Å². The lowest BCUT2D eigenvalue weighted by atomic mass is 9.46. The van der Waals surface area contributed by atoms with Gasteiger partial charge in [-0.3, -0.25) is 14.9 Å². The molecule has 1 heterocycles. The number of nitrogens with zero attached hydrogens (tertiary/aromatic N) is 4. The van der Waals surface area contributed by atoms with E-state index < -0.39 is 10.3 Å². The van der Waals surface area contributed by atoms with Gasteiger partial charge in [0, 0.05) is 17.3 Å². The molecule has 4 fully saturated rings. The first kappa shape index (κ1) is 18.5. The smallest absolute Gasteiger partial charge is 0.274 e. The highest BCUT2D eigenvalue weighted by Crippen LogP contribution is 2.64. The zero-order valence-electron chi connectivity index (χ0n) is 16.1. The van der Waals surface area contributed by atoms with Gasteiger partial charge in [0.1, 0.15) is 6.33 Å². The minimum Gasteiger partial charge on any atom is -0.325 e. The third-order valence-electron chi connectivity index (χ3n) is 7.13. The number of carbonyl (C=O) groups is 1. The predicted octanol–water partition coefficient (Wildman–Crippen LogP) is 4.08. The molecule has 6 rings (SSSR count). The molecule has 1 aromatic carbocycles. The molecule has 2 unspecified atom stereocenters. The summed E-state index contributed by atoms with van der Waals surface area (Å²) in [5.74, 6) is 0.898. The summed E-state index contributed by atoms with van der Waals surface area (Å²) in [5.41, 5.74) is 0.357. The van der Waals surface area contributed by atoms with Crippen molar-refractivity contribution in [3.8, 4) is 0 Å². The van der Waals surface area contributed by atoms with E-state index in [2.05, 4.69) is 15.4 Å². The molecule has 1 amide bonds. The van der Waals surface area contributed by atoms with Crippen LogP contribution in [-0.2, 0) is 10.3 Å². The van der Waals surface area contributed by atoms with Crippen LogP contribution in [0.1, 0.15) is 44.1 Å². The van der Waals surface area contributed by atoms with E-state index >= 15 is 0 Å². The molecule has 4 saturated carbocycles. The molecule has 4 aliphatic rings. The van der Waals surface area contributed by atoms with Crippen LogP contribution in [0.2, 0.25) is 5.28 Å². The summed E-state index contributed by atoms with van der Waals surface area (Å²) < 4.78 is 1.88. The largest absolute Gasteiger partial charge is 0.325 e. The Morgan fingerprint density at radius 1 is 1.31 bits per heavy atom. The normalized spacial score (nSPS) is 32.3. The lowest BCUT2D eigenvalue weighted by molar-refractivity contribution is -0.385. The number of hydrogen-bond donors (Lipinski definition) is 1. The van der Waals surface area contributed by atoms with Gasteiger partial charge < -0.3 is 5.32 Å². The van der Waals surface area contributed by atoms with Crippen molar-refractivity contribution in [1.82, 2.24) is 14.8 Å². The third kappa shape index (κ3) is 2.92. The Hall–Kier alpha value is -2.48. The highest BCUT2D eigenvalue weighted by Gasteiger charge is 2.61. The monoisotopic (exact) mass is 415 g/mol.